The van der Waals surface area contributed by atoms with E-state index >= 15 is 0 Å². The average molecular weight is 877 g/mol. The fourth-order valence-corrected chi connectivity index (χ4v) is 14.4. The molecule has 8 heteroatoms. The normalized spacial score (nSPS) is 22.8. The van der Waals surface area contributed by atoms with Gasteiger partial charge in [0, 0.05) is 23.0 Å². The van der Waals surface area contributed by atoms with E-state index in [0.717, 1.165) is 93.2 Å². The molecule has 2 spiro atoms. The first kappa shape index (κ1) is 40.0. The Kier molecular flexibility index (Phi) is 7.51. The number of hydrogen-bond donors (Lipinski definition) is 4. The molecule has 2 unspecified atom stereocenters. The third-order valence-electron chi connectivity index (χ3n) is 17.1. The summed E-state index contributed by atoms with van der Waals surface area (Å²) >= 11 is 0. The number of benzene rings is 6. The van der Waals surface area contributed by atoms with E-state index < -0.39 is 0 Å². The number of hydrogen-bond acceptors (Lipinski definition) is 6. The molecule has 0 saturated carbocycles. The van der Waals surface area contributed by atoms with Crippen molar-refractivity contribution in [2.45, 2.75) is 127 Å². The van der Waals surface area contributed by atoms with Crippen LogP contribution in [0.4, 0.5) is 22.7 Å². The summed E-state index contributed by atoms with van der Waals surface area (Å²) in [6, 6.07) is 27.5. The van der Waals surface area contributed by atoms with Gasteiger partial charge in [0.2, 0.25) is 0 Å². The summed E-state index contributed by atoms with van der Waals surface area (Å²) in [6.45, 7) is 23.6. The predicted octanol–water partition coefficient (Wildman–Crippen LogP) is 15.0. The third kappa shape index (κ3) is 5.16. The molecule has 0 saturated heterocycles. The zero-order valence-corrected chi connectivity index (χ0v) is 40.4. The van der Waals surface area contributed by atoms with E-state index in [2.05, 4.69) is 163 Å². The topological polar surface area (TPSA) is 100 Å². The van der Waals surface area contributed by atoms with Crippen molar-refractivity contribution in [2.24, 2.45) is 0 Å². The Labute approximate surface area is 386 Å². The molecule has 13 rings (SSSR count). The molecule has 5 aliphatic rings. The van der Waals surface area contributed by atoms with Gasteiger partial charge in [-0.2, -0.15) is 0 Å². The quantitative estimate of drug-likeness (QED) is 0.129. The Morgan fingerprint density at radius 2 is 0.682 bits per heavy atom. The first-order valence-electron chi connectivity index (χ1n) is 23.8. The highest BCUT2D eigenvalue weighted by atomic mass is 16.5. The van der Waals surface area contributed by atoms with Crippen LogP contribution in [-0.4, -0.2) is 24.2 Å². The van der Waals surface area contributed by atoms with E-state index in [0.29, 0.717) is 11.2 Å². The lowest BCUT2D eigenvalue weighted by Gasteiger charge is -2.31. The van der Waals surface area contributed by atoms with Crippen LogP contribution in [0.2, 0.25) is 0 Å². The number of aromatic amines is 2. The Morgan fingerprint density at radius 3 is 1.17 bits per heavy atom. The van der Waals surface area contributed by atoms with Crippen molar-refractivity contribution in [3.05, 3.63) is 128 Å². The monoisotopic (exact) mass is 876 g/mol. The number of rotatable bonds is 2. The first-order valence-corrected chi connectivity index (χ1v) is 23.8. The molecule has 66 heavy (non-hydrogen) atoms. The summed E-state index contributed by atoms with van der Waals surface area (Å²) in [4.78, 5) is 7.73. The molecule has 8 aromatic rings. The van der Waals surface area contributed by atoms with Gasteiger partial charge in [-0.25, -0.2) is 0 Å². The van der Waals surface area contributed by atoms with Gasteiger partial charge in [0.1, 0.15) is 0 Å². The zero-order chi connectivity index (χ0) is 45.8. The molecule has 8 nitrogen and oxygen atoms in total. The first-order chi connectivity index (χ1) is 31.2. The van der Waals surface area contributed by atoms with Gasteiger partial charge in [0.15, 0.2) is 33.8 Å². The molecule has 3 heterocycles. The van der Waals surface area contributed by atoms with Crippen molar-refractivity contribution in [2.75, 3.05) is 24.9 Å². The molecule has 4 aliphatic carbocycles. The Bertz CT molecular complexity index is 3570. The molecule has 0 fully saturated rings. The highest BCUT2D eigenvalue weighted by Gasteiger charge is 2.58. The summed E-state index contributed by atoms with van der Waals surface area (Å²) in [5.74, 6) is 1.54. The highest BCUT2D eigenvalue weighted by molar-refractivity contribution is 5.96. The second kappa shape index (κ2) is 12.4. The maximum Gasteiger partial charge on any atom is 0.172 e. The Balaban J connectivity index is 0.945. The van der Waals surface area contributed by atoms with E-state index in [4.69, 9.17) is 18.3 Å². The third-order valence-corrected chi connectivity index (χ3v) is 17.1. The second-order valence-electron chi connectivity index (χ2n) is 23.4. The van der Waals surface area contributed by atoms with E-state index in [1.165, 1.54) is 55.6 Å². The molecular weight excluding hydrogens is 817 g/mol. The van der Waals surface area contributed by atoms with Crippen molar-refractivity contribution in [1.29, 1.82) is 0 Å². The molecule has 1 aliphatic heterocycles. The molecular formula is C58H60N4O4. The minimum atomic E-state index is -0.210. The molecule has 0 amide bonds. The van der Waals surface area contributed by atoms with Crippen LogP contribution >= 0.6 is 0 Å². The van der Waals surface area contributed by atoms with Crippen LogP contribution in [-0.2, 0) is 32.5 Å². The summed E-state index contributed by atoms with van der Waals surface area (Å²) in [5, 5.41) is 7.64. The van der Waals surface area contributed by atoms with Crippen molar-refractivity contribution in [1.82, 2.24) is 9.97 Å². The molecule has 0 radical (unpaired) electrons. The lowest BCUT2D eigenvalue weighted by molar-refractivity contribution is 0.348. The fourth-order valence-electron chi connectivity index (χ4n) is 14.4. The van der Waals surface area contributed by atoms with Gasteiger partial charge in [-0.1, -0.05) is 55.4 Å². The van der Waals surface area contributed by atoms with Crippen LogP contribution in [0, 0.1) is 13.8 Å². The summed E-state index contributed by atoms with van der Waals surface area (Å²) in [6.07, 6.45) is 4.06. The fraction of sp³-hybridized carbons (Fsp3) is 0.379. The lowest BCUT2D eigenvalue weighted by atomic mass is 9.72. The highest BCUT2D eigenvalue weighted by Crippen LogP contribution is 2.66. The van der Waals surface area contributed by atoms with Crippen LogP contribution in [0.1, 0.15) is 137 Å². The van der Waals surface area contributed by atoms with Gasteiger partial charge < -0.3 is 38.9 Å². The molecule has 2 atom stereocenters. The smallest absolute Gasteiger partial charge is 0.172 e. The molecule has 6 aromatic carbocycles. The van der Waals surface area contributed by atoms with Crippen molar-refractivity contribution in [3.8, 4) is 11.5 Å². The number of ether oxygens (including phenoxy) is 2. The number of nitrogens with one attached hydrogen (secondary N) is 4. The largest absolute Gasteiger partial charge is 0.493 e. The van der Waals surface area contributed by atoms with Crippen LogP contribution < -0.4 is 20.1 Å². The zero-order valence-electron chi connectivity index (χ0n) is 40.4. The Morgan fingerprint density at radius 1 is 0.379 bits per heavy atom. The summed E-state index contributed by atoms with van der Waals surface area (Å²) < 4.78 is 25.5. The maximum absolute atomic E-state index is 6.92. The van der Waals surface area contributed by atoms with Crippen LogP contribution in [0.25, 0.3) is 44.4 Å². The SMILES string of the molecule is COc1cc2c(cc1OC)C1(CC2(C)C)CC(C)(C)c2cc3oc4cc5[nH]c6cc7c(cc6[nH]c5cc4oc3cc21)C1(CC(C)(C)c2cc3c(cc21)Nc1cc(C)c(C)cc1N3)CC7(C)C. The van der Waals surface area contributed by atoms with Crippen LogP contribution in [0.15, 0.2) is 81.6 Å². The minimum Gasteiger partial charge on any atom is -0.493 e. The standard InChI is InChI=1S/C58H60N4O4/c1-29-13-39-40(14-30(29)2)60-43-17-35-31(15-41(43)59-39)53(3,4)25-57(35)26-54(5,6)32-16-42-44(18-36(32)57)62-46-24-52-51(23-45(46)61-42)65-49-20-34-38(22-50(49)66-52)58(28-56(34,9)10)27-55(7,8)33-19-47(63-11)48(64-12)21-37(33)58/h13-24,59-62H,25-28H2,1-12H3. The number of anilines is 4. The maximum atomic E-state index is 6.92. The van der Waals surface area contributed by atoms with Crippen molar-refractivity contribution in [3.63, 3.8) is 0 Å². The number of aryl methyl sites for hydroxylation is 2. The van der Waals surface area contributed by atoms with Crippen molar-refractivity contribution < 1.29 is 18.3 Å². The van der Waals surface area contributed by atoms with Gasteiger partial charge in [0.25, 0.3) is 0 Å². The molecule has 336 valence electrons. The van der Waals surface area contributed by atoms with Gasteiger partial charge >= 0.3 is 0 Å². The minimum absolute atomic E-state index is 0.0125. The van der Waals surface area contributed by atoms with Crippen molar-refractivity contribution >= 4 is 67.1 Å². The van der Waals surface area contributed by atoms with Gasteiger partial charge in [-0.15, -0.1) is 0 Å². The predicted molar refractivity (Wildman–Crippen MR) is 268 cm³/mol. The molecule has 4 N–H and O–H groups in total. The molecule has 2 aromatic heterocycles. The van der Waals surface area contributed by atoms with E-state index in [-0.39, 0.29) is 32.5 Å². The van der Waals surface area contributed by atoms with Crippen LogP contribution in [0.5, 0.6) is 11.5 Å². The number of aromatic nitrogens is 2. The Hall–Kier alpha value is -6.28. The summed E-state index contributed by atoms with van der Waals surface area (Å²) in [7, 11) is 3.45. The van der Waals surface area contributed by atoms with Crippen LogP contribution in [0.3, 0.4) is 0 Å². The second-order valence-corrected chi connectivity index (χ2v) is 23.4. The number of methoxy groups -OCH3 is 2. The van der Waals surface area contributed by atoms with Gasteiger partial charge in [-0.3, -0.25) is 0 Å². The van der Waals surface area contributed by atoms with E-state index in [1.807, 2.05) is 0 Å². The molecule has 0 bridgehead atoms. The van der Waals surface area contributed by atoms with E-state index in [1.54, 1.807) is 14.2 Å². The number of fused-ring (bicyclic) bond motifs is 14. The number of H-pyrrole nitrogens is 2. The van der Waals surface area contributed by atoms with Gasteiger partial charge in [-0.05, 0) is 177 Å². The average Bonchev–Trinajstić information content (AvgIpc) is 3.80. The van der Waals surface area contributed by atoms with Gasteiger partial charge in [0.05, 0.1) is 59.0 Å². The van der Waals surface area contributed by atoms with E-state index in [9.17, 15) is 0 Å². The summed E-state index contributed by atoms with van der Waals surface area (Å²) in [5.41, 5.74) is 24.6. The lowest BCUT2D eigenvalue weighted by Crippen LogP contribution is -2.27.